The number of hydrogen-bond acceptors (Lipinski definition) is 3. The van der Waals surface area contributed by atoms with Crippen LogP contribution in [-0.2, 0) is 0 Å². The van der Waals surface area contributed by atoms with Crippen molar-refractivity contribution in [3.05, 3.63) is 54.4 Å². The first kappa shape index (κ1) is 11.3. The van der Waals surface area contributed by atoms with Crippen LogP contribution in [0.4, 0.5) is 11.4 Å². The Bertz CT molecular complexity index is 748. The molecule has 0 bridgehead atoms. The van der Waals surface area contributed by atoms with Gasteiger partial charge >= 0.3 is 0 Å². The summed E-state index contributed by atoms with van der Waals surface area (Å²) >= 11 is 0. The number of nitrogens with zero attached hydrogens (tertiary/aromatic N) is 1. The first-order valence-corrected chi connectivity index (χ1v) is 5.83. The third-order valence-electron chi connectivity index (χ3n) is 2.89. The molecule has 5 nitrogen and oxygen atoms in total. The maximum atomic E-state index is 12.1. The quantitative estimate of drug-likeness (QED) is 0.612. The highest BCUT2D eigenvalue weighted by molar-refractivity contribution is 6.07. The highest BCUT2D eigenvalue weighted by atomic mass is 16.1. The van der Waals surface area contributed by atoms with E-state index in [1.165, 1.54) is 0 Å². The van der Waals surface area contributed by atoms with E-state index in [1.54, 1.807) is 36.7 Å². The molecule has 0 radical (unpaired) electrons. The summed E-state index contributed by atoms with van der Waals surface area (Å²) in [6.07, 6.45) is 1.60. The number of amides is 1. The topological polar surface area (TPSA) is 83.8 Å². The number of nitrogen functional groups attached to an aromatic ring is 1. The van der Waals surface area contributed by atoms with E-state index in [1.807, 2.05) is 12.1 Å². The number of rotatable bonds is 2. The molecule has 19 heavy (non-hydrogen) atoms. The zero-order valence-corrected chi connectivity index (χ0v) is 10.1. The molecule has 1 amide bonds. The second kappa shape index (κ2) is 4.45. The number of fused-ring (bicyclic) bond motifs is 1. The van der Waals surface area contributed by atoms with Crippen molar-refractivity contribution in [1.82, 2.24) is 9.97 Å². The van der Waals surface area contributed by atoms with Crippen molar-refractivity contribution >= 4 is 28.3 Å². The van der Waals surface area contributed by atoms with Crippen LogP contribution in [-0.4, -0.2) is 15.9 Å². The molecule has 1 aromatic heterocycles. The van der Waals surface area contributed by atoms with Crippen molar-refractivity contribution in [3.8, 4) is 0 Å². The Balaban J connectivity index is 1.89. The first-order valence-electron chi connectivity index (χ1n) is 5.83. The molecule has 2 aromatic carbocycles. The lowest BCUT2D eigenvalue weighted by Gasteiger charge is -2.07. The van der Waals surface area contributed by atoms with E-state index < -0.39 is 0 Å². The molecule has 0 atom stereocenters. The molecule has 0 aliphatic carbocycles. The fourth-order valence-electron chi connectivity index (χ4n) is 1.88. The molecule has 4 N–H and O–H groups in total. The Morgan fingerprint density at radius 1 is 1.21 bits per heavy atom. The molecule has 0 fully saturated rings. The van der Waals surface area contributed by atoms with Crippen LogP contribution < -0.4 is 11.1 Å². The summed E-state index contributed by atoms with van der Waals surface area (Å²) in [5, 5.41) is 2.79. The van der Waals surface area contributed by atoms with Crippen LogP contribution in [0.5, 0.6) is 0 Å². The van der Waals surface area contributed by atoms with E-state index in [0.29, 0.717) is 16.9 Å². The number of hydrogen-bond donors (Lipinski definition) is 3. The minimum absolute atomic E-state index is 0.200. The van der Waals surface area contributed by atoms with Crippen LogP contribution in [0.1, 0.15) is 10.4 Å². The van der Waals surface area contributed by atoms with E-state index in [4.69, 9.17) is 5.73 Å². The number of imidazole rings is 1. The lowest BCUT2D eigenvalue weighted by Crippen LogP contribution is -2.13. The molecular formula is C14H12N4O. The summed E-state index contributed by atoms with van der Waals surface area (Å²) in [4.78, 5) is 19.2. The second-order valence-corrected chi connectivity index (χ2v) is 4.18. The lowest BCUT2D eigenvalue weighted by atomic mass is 10.2. The number of carbonyl (C=O) groups is 1. The maximum absolute atomic E-state index is 12.1. The fraction of sp³-hybridized carbons (Fsp3) is 0. The van der Waals surface area contributed by atoms with Crippen molar-refractivity contribution < 1.29 is 4.79 Å². The average molecular weight is 252 g/mol. The number of aromatic amines is 1. The van der Waals surface area contributed by atoms with Crippen LogP contribution >= 0.6 is 0 Å². The number of nitrogens with two attached hydrogens (primary N) is 1. The molecule has 5 heteroatoms. The van der Waals surface area contributed by atoms with Crippen LogP contribution in [0, 0.1) is 0 Å². The summed E-state index contributed by atoms with van der Waals surface area (Å²) in [5.41, 5.74) is 9.15. The lowest BCUT2D eigenvalue weighted by molar-refractivity contribution is 0.102. The van der Waals surface area contributed by atoms with Gasteiger partial charge in [-0.05, 0) is 30.3 Å². The molecule has 0 saturated carbocycles. The van der Waals surface area contributed by atoms with E-state index in [-0.39, 0.29) is 5.91 Å². The molecule has 3 aromatic rings. The second-order valence-electron chi connectivity index (χ2n) is 4.18. The van der Waals surface area contributed by atoms with E-state index in [9.17, 15) is 4.79 Å². The van der Waals surface area contributed by atoms with Gasteiger partial charge in [-0.15, -0.1) is 0 Å². The van der Waals surface area contributed by atoms with Gasteiger partial charge in [0.05, 0.1) is 28.7 Å². The molecule has 0 saturated heterocycles. The molecule has 0 aliphatic rings. The predicted octanol–water partition coefficient (Wildman–Crippen LogP) is 2.40. The van der Waals surface area contributed by atoms with Crippen molar-refractivity contribution in [2.45, 2.75) is 0 Å². The summed E-state index contributed by atoms with van der Waals surface area (Å²) in [7, 11) is 0. The Morgan fingerprint density at radius 2 is 2.05 bits per heavy atom. The minimum atomic E-state index is -0.200. The Hall–Kier alpha value is -2.82. The standard InChI is InChI=1S/C14H12N4O/c15-10-3-1-2-4-11(10)18-14(19)9-5-6-12-13(7-9)17-8-16-12/h1-8H,15H2,(H,16,17)(H,18,19). The Kier molecular flexibility index (Phi) is 2.64. The zero-order valence-electron chi connectivity index (χ0n) is 10.1. The van der Waals surface area contributed by atoms with Gasteiger partial charge in [0.15, 0.2) is 0 Å². The van der Waals surface area contributed by atoms with Crippen LogP contribution in [0.3, 0.4) is 0 Å². The van der Waals surface area contributed by atoms with Crippen molar-refractivity contribution in [2.75, 3.05) is 11.1 Å². The number of benzene rings is 2. The van der Waals surface area contributed by atoms with Gasteiger partial charge in [0.1, 0.15) is 0 Å². The van der Waals surface area contributed by atoms with Gasteiger partial charge in [0, 0.05) is 5.56 Å². The molecule has 0 unspecified atom stereocenters. The van der Waals surface area contributed by atoms with E-state index in [0.717, 1.165) is 11.0 Å². The largest absolute Gasteiger partial charge is 0.397 e. The minimum Gasteiger partial charge on any atom is -0.397 e. The van der Waals surface area contributed by atoms with Crippen molar-refractivity contribution in [3.63, 3.8) is 0 Å². The summed E-state index contributed by atoms with van der Waals surface area (Å²) in [6.45, 7) is 0. The first-order chi connectivity index (χ1) is 9.24. The number of nitrogens with one attached hydrogen (secondary N) is 2. The van der Waals surface area contributed by atoms with Gasteiger partial charge in [0.25, 0.3) is 5.91 Å². The number of para-hydroxylation sites is 2. The van der Waals surface area contributed by atoms with Crippen LogP contribution in [0.15, 0.2) is 48.8 Å². The van der Waals surface area contributed by atoms with Crippen molar-refractivity contribution in [1.29, 1.82) is 0 Å². The number of H-pyrrole nitrogens is 1. The molecule has 3 rings (SSSR count). The smallest absolute Gasteiger partial charge is 0.255 e. The Labute approximate surface area is 109 Å². The van der Waals surface area contributed by atoms with Crippen molar-refractivity contribution in [2.24, 2.45) is 0 Å². The Morgan fingerprint density at radius 3 is 2.89 bits per heavy atom. The fourth-order valence-corrected chi connectivity index (χ4v) is 1.88. The van der Waals surface area contributed by atoms with Gasteiger partial charge in [-0.2, -0.15) is 0 Å². The van der Waals surface area contributed by atoms with E-state index in [2.05, 4.69) is 15.3 Å². The zero-order chi connectivity index (χ0) is 13.2. The normalized spacial score (nSPS) is 10.5. The van der Waals surface area contributed by atoms with Gasteiger partial charge in [-0.25, -0.2) is 4.98 Å². The number of anilines is 2. The molecule has 1 heterocycles. The number of carbonyl (C=O) groups excluding carboxylic acids is 1. The predicted molar refractivity (Wildman–Crippen MR) is 74.9 cm³/mol. The van der Waals surface area contributed by atoms with Gasteiger partial charge in [-0.3, -0.25) is 4.79 Å². The number of aromatic nitrogens is 2. The molecule has 0 spiro atoms. The van der Waals surface area contributed by atoms with E-state index >= 15 is 0 Å². The molecule has 0 aliphatic heterocycles. The van der Waals surface area contributed by atoms with Gasteiger partial charge in [-0.1, -0.05) is 12.1 Å². The highest BCUT2D eigenvalue weighted by Crippen LogP contribution is 2.19. The summed E-state index contributed by atoms with van der Waals surface area (Å²) < 4.78 is 0. The maximum Gasteiger partial charge on any atom is 0.255 e. The van der Waals surface area contributed by atoms with Gasteiger partial charge in [0.2, 0.25) is 0 Å². The third-order valence-corrected chi connectivity index (χ3v) is 2.89. The van der Waals surface area contributed by atoms with Gasteiger partial charge < -0.3 is 16.0 Å². The summed E-state index contributed by atoms with van der Waals surface area (Å²) in [5.74, 6) is -0.200. The molecule has 94 valence electrons. The third kappa shape index (κ3) is 2.13. The molecular weight excluding hydrogens is 240 g/mol. The SMILES string of the molecule is Nc1ccccc1NC(=O)c1ccc2nc[nH]c2c1. The summed E-state index contributed by atoms with van der Waals surface area (Å²) in [6, 6.07) is 12.4. The van der Waals surface area contributed by atoms with Crippen LogP contribution in [0.2, 0.25) is 0 Å². The monoisotopic (exact) mass is 252 g/mol. The van der Waals surface area contributed by atoms with Crippen LogP contribution in [0.25, 0.3) is 11.0 Å². The highest BCUT2D eigenvalue weighted by Gasteiger charge is 2.09. The average Bonchev–Trinajstić information content (AvgIpc) is 2.88.